The van der Waals surface area contributed by atoms with Gasteiger partial charge in [-0.1, -0.05) is 18.6 Å². The smallest absolute Gasteiger partial charge is 0.311 e. The number of rotatable bonds is 7. The van der Waals surface area contributed by atoms with E-state index < -0.39 is 28.0 Å². The van der Waals surface area contributed by atoms with Gasteiger partial charge in [0, 0.05) is 25.5 Å². The first-order valence-electron chi connectivity index (χ1n) is 9.73. The van der Waals surface area contributed by atoms with E-state index in [0.29, 0.717) is 18.7 Å². The number of anilines is 1. The van der Waals surface area contributed by atoms with Gasteiger partial charge in [0.1, 0.15) is 0 Å². The summed E-state index contributed by atoms with van der Waals surface area (Å²) in [5.41, 5.74) is 0.594. The highest BCUT2D eigenvalue weighted by molar-refractivity contribution is 7.89. The molecule has 1 N–H and O–H groups in total. The maximum absolute atomic E-state index is 12.7. The van der Waals surface area contributed by atoms with Gasteiger partial charge in [0.15, 0.2) is 6.10 Å². The van der Waals surface area contributed by atoms with Crippen molar-refractivity contribution in [3.63, 3.8) is 0 Å². The summed E-state index contributed by atoms with van der Waals surface area (Å²) in [5, 5.41) is 2.46. The molecule has 0 saturated carbocycles. The second kappa shape index (κ2) is 9.77. The Morgan fingerprint density at radius 1 is 1.10 bits per heavy atom. The van der Waals surface area contributed by atoms with E-state index in [4.69, 9.17) is 4.74 Å². The maximum Gasteiger partial charge on any atom is 0.311 e. The standard InChI is InChI=1S/C20H24N4O5S/c1-15(19(26)23-20-21-10-5-11-22-20)29-18(25)14-16-6-8-17(9-7-16)30(27,28)24-12-3-2-4-13-24/h5-11,15H,2-4,12-14H2,1H3,(H,21,22,23,26). The zero-order valence-corrected chi connectivity index (χ0v) is 17.5. The quantitative estimate of drug-likeness (QED) is 0.662. The van der Waals surface area contributed by atoms with Crippen LogP contribution in [-0.2, 0) is 30.8 Å². The average Bonchev–Trinajstić information content (AvgIpc) is 2.75. The Labute approximate surface area is 175 Å². The van der Waals surface area contributed by atoms with Crippen LogP contribution in [0.1, 0.15) is 31.7 Å². The molecule has 160 valence electrons. The summed E-state index contributed by atoms with van der Waals surface area (Å²) in [6.07, 6.45) is 4.63. The summed E-state index contributed by atoms with van der Waals surface area (Å²) in [7, 11) is -3.51. The Morgan fingerprint density at radius 3 is 2.37 bits per heavy atom. The first kappa shape index (κ1) is 21.8. The molecule has 2 heterocycles. The summed E-state index contributed by atoms with van der Waals surface area (Å²) >= 11 is 0. The van der Waals surface area contributed by atoms with Crippen LogP contribution in [0.15, 0.2) is 47.6 Å². The molecule has 0 radical (unpaired) electrons. The van der Waals surface area contributed by atoms with E-state index in [1.807, 2.05) is 0 Å². The number of nitrogens with zero attached hydrogens (tertiary/aromatic N) is 3. The molecular weight excluding hydrogens is 408 g/mol. The van der Waals surface area contributed by atoms with Crippen LogP contribution < -0.4 is 5.32 Å². The van der Waals surface area contributed by atoms with E-state index in [2.05, 4.69) is 15.3 Å². The molecule has 1 aliphatic heterocycles. The highest BCUT2D eigenvalue weighted by atomic mass is 32.2. The lowest BCUT2D eigenvalue weighted by Crippen LogP contribution is -2.35. The number of benzene rings is 1. The minimum Gasteiger partial charge on any atom is -0.452 e. The van der Waals surface area contributed by atoms with Crippen molar-refractivity contribution in [3.05, 3.63) is 48.3 Å². The number of ether oxygens (including phenoxy) is 1. The molecule has 30 heavy (non-hydrogen) atoms. The fourth-order valence-corrected chi connectivity index (χ4v) is 4.59. The number of sulfonamides is 1. The lowest BCUT2D eigenvalue weighted by atomic mass is 10.1. The van der Waals surface area contributed by atoms with E-state index in [1.54, 1.807) is 18.2 Å². The summed E-state index contributed by atoms with van der Waals surface area (Å²) in [6, 6.07) is 7.77. The number of carbonyl (C=O) groups excluding carboxylic acids is 2. The molecule has 1 aliphatic rings. The molecular formula is C20H24N4O5S. The van der Waals surface area contributed by atoms with Crippen molar-refractivity contribution in [2.45, 2.75) is 43.6 Å². The van der Waals surface area contributed by atoms with Crippen molar-refractivity contribution in [2.24, 2.45) is 0 Å². The van der Waals surface area contributed by atoms with Gasteiger partial charge in [0.25, 0.3) is 5.91 Å². The Hall–Kier alpha value is -2.85. The molecule has 1 fully saturated rings. The van der Waals surface area contributed by atoms with E-state index in [0.717, 1.165) is 19.3 Å². The van der Waals surface area contributed by atoms with Crippen LogP contribution in [0, 0.1) is 0 Å². The molecule has 9 nitrogen and oxygen atoms in total. The van der Waals surface area contributed by atoms with E-state index in [9.17, 15) is 18.0 Å². The SMILES string of the molecule is CC(OC(=O)Cc1ccc(S(=O)(=O)N2CCCCC2)cc1)C(=O)Nc1ncccn1. The topological polar surface area (TPSA) is 119 Å². The van der Waals surface area contributed by atoms with Crippen LogP contribution in [0.25, 0.3) is 0 Å². The van der Waals surface area contributed by atoms with Gasteiger partial charge in [-0.3, -0.25) is 14.9 Å². The van der Waals surface area contributed by atoms with Crippen molar-refractivity contribution >= 4 is 27.8 Å². The van der Waals surface area contributed by atoms with Crippen molar-refractivity contribution in [3.8, 4) is 0 Å². The number of esters is 1. The van der Waals surface area contributed by atoms with Crippen LogP contribution >= 0.6 is 0 Å². The Balaban J connectivity index is 1.54. The maximum atomic E-state index is 12.7. The van der Waals surface area contributed by atoms with Crippen LogP contribution in [0.4, 0.5) is 5.95 Å². The highest BCUT2D eigenvalue weighted by Crippen LogP contribution is 2.21. The first-order chi connectivity index (χ1) is 14.4. The van der Waals surface area contributed by atoms with E-state index in [1.165, 1.54) is 35.8 Å². The molecule has 10 heteroatoms. The number of hydrogen-bond acceptors (Lipinski definition) is 7. The van der Waals surface area contributed by atoms with Crippen molar-refractivity contribution in [1.82, 2.24) is 14.3 Å². The van der Waals surface area contributed by atoms with Gasteiger partial charge in [0.2, 0.25) is 16.0 Å². The van der Waals surface area contributed by atoms with Crippen molar-refractivity contribution < 1.29 is 22.7 Å². The summed E-state index contributed by atoms with van der Waals surface area (Å²) in [6.45, 7) is 2.51. The molecule has 0 bridgehead atoms. The Bertz CT molecular complexity index is 974. The highest BCUT2D eigenvalue weighted by Gasteiger charge is 2.26. The molecule has 1 saturated heterocycles. The van der Waals surface area contributed by atoms with E-state index in [-0.39, 0.29) is 17.3 Å². The number of amides is 1. The third-order valence-electron chi connectivity index (χ3n) is 4.70. The molecule has 1 aromatic heterocycles. The monoisotopic (exact) mass is 432 g/mol. The minimum atomic E-state index is -3.51. The third kappa shape index (κ3) is 5.61. The number of aromatic nitrogens is 2. The molecule has 1 aromatic carbocycles. The van der Waals surface area contributed by atoms with Gasteiger partial charge >= 0.3 is 5.97 Å². The molecule has 3 rings (SSSR count). The van der Waals surface area contributed by atoms with Gasteiger partial charge in [-0.15, -0.1) is 0 Å². The summed E-state index contributed by atoms with van der Waals surface area (Å²) in [5.74, 6) is -1.02. The summed E-state index contributed by atoms with van der Waals surface area (Å²) in [4.78, 5) is 32.2. The molecule has 0 aliphatic carbocycles. The predicted octanol–water partition coefficient (Wildman–Crippen LogP) is 1.76. The molecule has 1 unspecified atom stereocenters. The lowest BCUT2D eigenvalue weighted by Gasteiger charge is -2.25. The second-order valence-electron chi connectivity index (χ2n) is 6.98. The summed E-state index contributed by atoms with van der Waals surface area (Å²) < 4.78 is 32.0. The van der Waals surface area contributed by atoms with Crippen LogP contribution in [0.5, 0.6) is 0 Å². The predicted molar refractivity (Wildman–Crippen MR) is 109 cm³/mol. The van der Waals surface area contributed by atoms with E-state index >= 15 is 0 Å². The van der Waals surface area contributed by atoms with Gasteiger partial charge in [-0.25, -0.2) is 18.4 Å². The molecule has 0 spiro atoms. The first-order valence-corrected chi connectivity index (χ1v) is 11.2. The van der Waals surface area contributed by atoms with Gasteiger partial charge in [0.05, 0.1) is 11.3 Å². The second-order valence-corrected chi connectivity index (χ2v) is 8.92. The van der Waals surface area contributed by atoms with Gasteiger partial charge in [-0.2, -0.15) is 4.31 Å². The van der Waals surface area contributed by atoms with Crippen molar-refractivity contribution in [2.75, 3.05) is 18.4 Å². The Kier molecular flexibility index (Phi) is 7.11. The molecule has 1 amide bonds. The largest absolute Gasteiger partial charge is 0.452 e. The van der Waals surface area contributed by atoms with Crippen molar-refractivity contribution in [1.29, 1.82) is 0 Å². The number of nitrogens with one attached hydrogen (secondary N) is 1. The molecule has 1 atom stereocenters. The van der Waals surface area contributed by atoms with Crippen LogP contribution in [0.3, 0.4) is 0 Å². The number of piperidine rings is 1. The van der Waals surface area contributed by atoms with Crippen LogP contribution in [0.2, 0.25) is 0 Å². The minimum absolute atomic E-state index is 0.0799. The number of hydrogen-bond donors (Lipinski definition) is 1. The normalized spacial score (nSPS) is 15.9. The van der Waals surface area contributed by atoms with Gasteiger partial charge in [-0.05, 0) is 43.5 Å². The fourth-order valence-electron chi connectivity index (χ4n) is 3.07. The zero-order chi connectivity index (χ0) is 21.6. The Morgan fingerprint density at radius 2 is 1.73 bits per heavy atom. The van der Waals surface area contributed by atoms with Gasteiger partial charge < -0.3 is 4.74 Å². The average molecular weight is 433 g/mol. The molecule has 2 aromatic rings. The number of carbonyl (C=O) groups is 2. The third-order valence-corrected chi connectivity index (χ3v) is 6.62. The lowest BCUT2D eigenvalue weighted by molar-refractivity contribution is -0.152. The zero-order valence-electron chi connectivity index (χ0n) is 16.7. The van der Waals surface area contributed by atoms with Crippen LogP contribution in [-0.4, -0.2) is 53.8 Å². The fraction of sp³-hybridized carbons (Fsp3) is 0.400.